The molecular formula is C12H21N5O3S. The monoisotopic (exact) mass is 315 g/mol. The molecule has 0 spiro atoms. The van der Waals surface area contributed by atoms with Crippen LogP contribution in [0.25, 0.3) is 0 Å². The van der Waals surface area contributed by atoms with E-state index in [1.54, 1.807) is 6.07 Å². The summed E-state index contributed by atoms with van der Waals surface area (Å²) in [4.78, 5) is 10.5. The number of nitrogens with one attached hydrogen (secondary N) is 1. The number of ether oxygens (including phenoxy) is 1. The molecule has 1 atom stereocenters. The summed E-state index contributed by atoms with van der Waals surface area (Å²) in [5, 5.41) is 0. The standard InChI is InChI=1S/C12H21N5O3S/c1-3-20-7-11-14-10(16-13)6-12(15-11)17(2)9-4-5-21(18,19)8-9/h6,9H,3-5,7-8,13H2,1-2H3,(H,14,15,16). The van der Waals surface area contributed by atoms with E-state index in [0.717, 1.165) is 0 Å². The number of nitrogen functional groups attached to an aromatic ring is 1. The number of nitrogens with zero attached hydrogens (tertiary/aromatic N) is 3. The fourth-order valence-electron chi connectivity index (χ4n) is 2.26. The molecule has 8 nitrogen and oxygen atoms in total. The Balaban J connectivity index is 2.21. The highest BCUT2D eigenvalue weighted by atomic mass is 32.2. The molecule has 0 aliphatic carbocycles. The van der Waals surface area contributed by atoms with E-state index in [1.165, 1.54) is 0 Å². The van der Waals surface area contributed by atoms with Crippen LogP contribution in [-0.2, 0) is 21.2 Å². The van der Waals surface area contributed by atoms with Gasteiger partial charge < -0.3 is 15.1 Å². The first-order valence-electron chi connectivity index (χ1n) is 6.80. The minimum atomic E-state index is -2.94. The van der Waals surface area contributed by atoms with E-state index in [2.05, 4.69) is 15.4 Å². The molecule has 1 aromatic heterocycles. The lowest BCUT2D eigenvalue weighted by atomic mass is 10.2. The first kappa shape index (κ1) is 15.9. The van der Waals surface area contributed by atoms with Gasteiger partial charge in [0.2, 0.25) is 0 Å². The average molecular weight is 315 g/mol. The van der Waals surface area contributed by atoms with Crippen LogP contribution in [0, 0.1) is 0 Å². The second-order valence-corrected chi connectivity index (χ2v) is 7.21. The predicted octanol–water partition coefficient (Wildman–Crippen LogP) is -0.0780. The highest BCUT2D eigenvalue weighted by molar-refractivity contribution is 7.91. The van der Waals surface area contributed by atoms with E-state index in [4.69, 9.17) is 10.6 Å². The topological polar surface area (TPSA) is 110 Å². The second-order valence-electron chi connectivity index (χ2n) is 4.98. The molecule has 1 saturated heterocycles. The van der Waals surface area contributed by atoms with Gasteiger partial charge in [-0.3, -0.25) is 0 Å². The van der Waals surface area contributed by atoms with E-state index in [9.17, 15) is 8.42 Å². The van der Waals surface area contributed by atoms with Gasteiger partial charge in [-0.25, -0.2) is 24.2 Å². The second kappa shape index (κ2) is 6.54. The normalized spacial score (nSPS) is 20.4. The van der Waals surface area contributed by atoms with Crippen molar-refractivity contribution in [1.29, 1.82) is 0 Å². The van der Waals surface area contributed by atoms with E-state index in [1.807, 2.05) is 18.9 Å². The van der Waals surface area contributed by atoms with E-state index in [0.29, 0.717) is 30.5 Å². The molecule has 118 valence electrons. The summed E-state index contributed by atoms with van der Waals surface area (Å²) in [6.45, 7) is 2.74. The molecule has 0 bridgehead atoms. The Morgan fingerprint density at radius 2 is 2.29 bits per heavy atom. The number of hydrogen-bond acceptors (Lipinski definition) is 8. The Morgan fingerprint density at radius 1 is 1.52 bits per heavy atom. The zero-order chi connectivity index (χ0) is 15.5. The Bertz CT molecular complexity index is 593. The van der Waals surface area contributed by atoms with Crippen LogP contribution in [0.2, 0.25) is 0 Å². The van der Waals surface area contributed by atoms with Crippen LogP contribution in [0.4, 0.5) is 11.6 Å². The minimum Gasteiger partial charge on any atom is -0.374 e. The number of anilines is 2. The maximum absolute atomic E-state index is 11.6. The van der Waals surface area contributed by atoms with E-state index >= 15 is 0 Å². The Labute approximate surface area is 124 Å². The molecule has 1 aliphatic heterocycles. The van der Waals surface area contributed by atoms with Crippen molar-refractivity contribution < 1.29 is 13.2 Å². The summed E-state index contributed by atoms with van der Waals surface area (Å²) in [5.41, 5.74) is 2.49. The van der Waals surface area contributed by atoms with Gasteiger partial charge >= 0.3 is 0 Å². The third-order valence-corrected chi connectivity index (χ3v) is 5.21. The zero-order valence-electron chi connectivity index (χ0n) is 12.2. The van der Waals surface area contributed by atoms with Gasteiger partial charge in [0, 0.05) is 25.8 Å². The van der Waals surface area contributed by atoms with Crippen LogP contribution in [0.1, 0.15) is 19.2 Å². The molecule has 1 unspecified atom stereocenters. The van der Waals surface area contributed by atoms with Crippen molar-refractivity contribution in [3.8, 4) is 0 Å². The maximum atomic E-state index is 11.6. The van der Waals surface area contributed by atoms with Crippen molar-refractivity contribution in [2.24, 2.45) is 5.84 Å². The van der Waals surface area contributed by atoms with Crippen molar-refractivity contribution >= 4 is 21.5 Å². The summed E-state index contributed by atoms with van der Waals surface area (Å²) < 4.78 is 28.5. The van der Waals surface area contributed by atoms with Crippen molar-refractivity contribution in [1.82, 2.24) is 9.97 Å². The lowest BCUT2D eigenvalue weighted by Crippen LogP contribution is -2.33. The summed E-state index contributed by atoms with van der Waals surface area (Å²) in [7, 11) is -1.11. The number of hydrogen-bond donors (Lipinski definition) is 2. The first-order chi connectivity index (χ1) is 9.95. The number of rotatable bonds is 6. The van der Waals surface area contributed by atoms with E-state index < -0.39 is 9.84 Å². The van der Waals surface area contributed by atoms with E-state index in [-0.39, 0.29) is 24.2 Å². The van der Waals surface area contributed by atoms with Crippen molar-refractivity contribution in [3.63, 3.8) is 0 Å². The maximum Gasteiger partial charge on any atom is 0.158 e. The SMILES string of the molecule is CCOCc1nc(NN)cc(N(C)C2CCS(=O)(=O)C2)n1. The summed E-state index contributed by atoms with van der Waals surface area (Å²) >= 11 is 0. The summed E-state index contributed by atoms with van der Waals surface area (Å²) in [6.07, 6.45) is 0.606. The number of nitrogens with two attached hydrogens (primary N) is 1. The molecule has 2 rings (SSSR count). The lowest BCUT2D eigenvalue weighted by molar-refractivity contribution is 0.128. The van der Waals surface area contributed by atoms with Crippen LogP contribution in [0.3, 0.4) is 0 Å². The molecule has 0 saturated carbocycles. The molecule has 0 amide bonds. The minimum absolute atomic E-state index is 0.0736. The Hall–Kier alpha value is -1.45. The largest absolute Gasteiger partial charge is 0.374 e. The third-order valence-electron chi connectivity index (χ3n) is 3.46. The fraction of sp³-hybridized carbons (Fsp3) is 0.667. The van der Waals surface area contributed by atoms with Gasteiger partial charge in [-0.15, -0.1) is 0 Å². The van der Waals surface area contributed by atoms with Gasteiger partial charge in [0.05, 0.1) is 11.5 Å². The molecule has 1 fully saturated rings. The first-order valence-corrected chi connectivity index (χ1v) is 8.63. The molecule has 9 heteroatoms. The van der Waals surface area contributed by atoms with Gasteiger partial charge in [-0.2, -0.15) is 0 Å². The number of sulfone groups is 1. The van der Waals surface area contributed by atoms with Crippen LogP contribution in [-0.4, -0.2) is 49.6 Å². The quantitative estimate of drug-likeness (QED) is 0.554. The molecule has 0 aromatic carbocycles. The van der Waals surface area contributed by atoms with Crippen molar-refractivity contribution in [2.45, 2.75) is 26.0 Å². The van der Waals surface area contributed by atoms with Crippen LogP contribution in [0.5, 0.6) is 0 Å². The molecular weight excluding hydrogens is 294 g/mol. The molecule has 1 aromatic rings. The Kier molecular flexibility index (Phi) is 4.96. The molecule has 0 radical (unpaired) electrons. The highest BCUT2D eigenvalue weighted by Crippen LogP contribution is 2.23. The number of aromatic nitrogens is 2. The van der Waals surface area contributed by atoms with Gasteiger partial charge in [0.15, 0.2) is 15.7 Å². The molecule has 2 heterocycles. The smallest absolute Gasteiger partial charge is 0.158 e. The van der Waals surface area contributed by atoms with Gasteiger partial charge in [0.1, 0.15) is 18.2 Å². The molecule has 1 aliphatic rings. The van der Waals surface area contributed by atoms with Crippen LogP contribution < -0.4 is 16.2 Å². The Morgan fingerprint density at radius 3 is 2.86 bits per heavy atom. The van der Waals surface area contributed by atoms with Gasteiger partial charge in [-0.05, 0) is 13.3 Å². The van der Waals surface area contributed by atoms with Crippen molar-refractivity contribution in [2.75, 3.05) is 35.5 Å². The van der Waals surface area contributed by atoms with Crippen molar-refractivity contribution in [3.05, 3.63) is 11.9 Å². The lowest BCUT2D eigenvalue weighted by Gasteiger charge is -2.25. The summed E-state index contributed by atoms with van der Waals surface area (Å²) in [5.74, 6) is 7.41. The summed E-state index contributed by atoms with van der Waals surface area (Å²) in [6, 6.07) is 1.62. The predicted molar refractivity (Wildman–Crippen MR) is 80.6 cm³/mol. The van der Waals surface area contributed by atoms with Crippen LogP contribution >= 0.6 is 0 Å². The fourth-order valence-corrected chi connectivity index (χ4v) is 4.04. The van der Waals surface area contributed by atoms with Gasteiger partial charge in [-0.1, -0.05) is 0 Å². The third kappa shape index (κ3) is 4.02. The van der Waals surface area contributed by atoms with Crippen LogP contribution in [0.15, 0.2) is 6.07 Å². The molecule has 21 heavy (non-hydrogen) atoms. The molecule has 3 N–H and O–H groups in total. The number of hydrazine groups is 1. The highest BCUT2D eigenvalue weighted by Gasteiger charge is 2.31. The zero-order valence-corrected chi connectivity index (χ0v) is 13.1. The van der Waals surface area contributed by atoms with Gasteiger partial charge in [0.25, 0.3) is 0 Å². The average Bonchev–Trinajstić information content (AvgIpc) is 2.84.